The number of aliphatic hydroxyl groups is 1. The Hall–Kier alpha value is 1.04. The lowest BCUT2D eigenvalue weighted by Crippen LogP contribution is -2.01. The predicted octanol–water partition coefficient (Wildman–Crippen LogP) is 1.70. The van der Waals surface area contributed by atoms with Crippen LogP contribution in [0.2, 0.25) is 0 Å². The Morgan fingerprint density at radius 1 is 1.86 bits per heavy atom. The van der Waals surface area contributed by atoms with Crippen LogP contribution in [-0.4, -0.2) is 17.5 Å². The molecular weight excluding hydrogens is 223 g/mol. The SMILES string of the molecule is CC(CO)CSI. The standard InChI is InChI=1S/C4H9IOS/c1-4(2-6)3-7-5/h4,6H,2-3H2,1H3. The minimum atomic E-state index is 0.315. The van der Waals surface area contributed by atoms with E-state index in [9.17, 15) is 0 Å². The van der Waals surface area contributed by atoms with Crippen LogP contribution in [0.5, 0.6) is 0 Å². The number of hydrogen-bond acceptors (Lipinski definition) is 2. The second-order valence-electron chi connectivity index (χ2n) is 1.56. The molecule has 0 amide bonds. The molecule has 0 aliphatic heterocycles. The third-order valence-corrected chi connectivity index (χ3v) is 2.43. The smallest absolute Gasteiger partial charge is 0.0464 e. The summed E-state index contributed by atoms with van der Waals surface area (Å²) < 4.78 is 0. The Kier molecular flexibility index (Phi) is 5.95. The van der Waals surface area contributed by atoms with Crippen LogP contribution in [0.25, 0.3) is 0 Å². The summed E-state index contributed by atoms with van der Waals surface area (Å²) in [5, 5.41) is 8.45. The highest BCUT2D eigenvalue weighted by Gasteiger charge is 1.95. The third-order valence-electron chi connectivity index (χ3n) is 0.659. The highest BCUT2D eigenvalue weighted by molar-refractivity contribution is 14.2. The van der Waals surface area contributed by atoms with Gasteiger partial charge in [0.25, 0.3) is 0 Å². The van der Waals surface area contributed by atoms with Crippen LogP contribution in [0.15, 0.2) is 0 Å². The molecule has 0 aromatic rings. The number of aliphatic hydroxyl groups excluding tert-OH is 1. The van der Waals surface area contributed by atoms with Gasteiger partial charge in [0.05, 0.1) is 0 Å². The van der Waals surface area contributed by atoms with Gasteiger partial charge in [-0.1, -0.05) is 15.9 Å². The molecule has 7 heavy (non-hydrogen) atoms. The minimum absolute atomic E-state index is 0.315. The monoisotopic (exact) mass is 232 g/mol. The van der Waals surface area contributed by atoms with Crippen LogP contribution < -0.4 is 0 Å². The van der Waals surface area contributed by atoms with E-state index in [0.29, 0.717) is 12.5 Å². The van der Waals surface area contributed by atoms with Gasteiger partial charge in [-0.15, -0.1) is 0 Å². The van der Waals surface area contributed by atoms with Crippen LogP contribution >= 0.6 is 30.1 Å². The Morgan fingerprint density at radius 3 is 2.57 bits per heavy atom. The Bertz CT molecular complexity index is 42.7. The van der Waals surface area contributed by atoms with E-state index in [2.05, 4.69) is 21.2 Å². The average molecular weight is 232 g/mol. The van der Waals surface area contributed by atoms with Crippen molar-refractivity contribution >= 4 is 30.1 Å². The molecule has 1 atom stereocenters. The molecule has 1 N–H and O–H groups in total. The lowest BCUT2D eigenvalue weighted by Gasteiger charge is -2.00. The first-order valence-electron chi connectivity index (χ1n) is 2.15. The summed E-state index contributed by atoms with van der Waals surface area (Å²) >= 11 is 2.23. The van der Waals surface area contributed by atoms with Gasteiger partial charge in [-0.3, -0.25) is 0 Å². The molecule has 0 rings (SSSR count). The molecule has 1 unspecified atom stereocenters. The van der Waals surface area contributed by atoms with Gasteiger partial charge in [-0.25, -0.2) is 0 Å². The van der Waals surface area contributed by atoms with E-state index in [0.717, 1.165) is 5.75 Å². The fraction of sp³-hybridized carbons (Fsp3) is 1.00. The molecule has 0 radical (unpaired) electrons. The quantitative estimate of drug-likeness (QED) is 0.747. The molecule has 3 heteroatoms. The Balaban J connectivity index is 2.83. The molecule has 0 saturated heterocycles. The molecule has 0 saturated carbocycles. The number of hydrogen-bond donors (Lipinski definition) is 1. The van der Waals surface area contributed by atoms with Crippen molar-refractivity contribution in [2.75, 3.05) is 12.4 Å². The van der Waals surface area contributed by atoms with Crippen molar-refractivity contribution in [3.63, 3.8) is 0 Å². The largest absolute Gasteiger partial charge is 0.396 e. The van der Waals surface area contributed by atoms with Gasteiger partial charge in [0.2, 0.25) is 0 Å². The summed E-state index contributed by atoms with van der Waals surface area (Å²) in [6, 6.07) is 0. The molecule has 0 bridgehead atoms. The zero-order valence-corrected chi connectivity index (χ0v) is 7.20. The van der Waals surface area contributed by atoms with Crippen molar-refractivity contribution in [2.24, 2.45) is 5.92 Å². The molecule has 0 spiro atoms. The third kappa shape index (κ3) is 4.90. The van der Waals surface area contributed by atoms with Gasteiger partial charge in [-0.05, 0) is 27.1 Å². The van der Waals surface area contributed by atoms with Crippen molar-refractivity contribution in [2.45, 2.75) is 6.92 Å². The highest BCUT2D eigenvalue weighted by Crippen LogP contribution is 2.14. The normalized spacial score (nSPS) is 14.1. The van der Waals surface area contributed by atoms with E-state index in [1.165, 1.54) is 0 Å². The first-order chi connectivity index (χ1) is 3.31. The maximum Gasteiger partial charge on any atom is 0.0464 e. The average Bonchev–Trinajstić information content (AvgIpc) is 1.68. The fourth-order valence-electron chi connectivity index (χ4n) is 0.160. The molecule has 0 heterocycles. The van der Waals surface area contributed by atoms with E-state index in [4.69, 9.17) is 5.11 Å². The lowest BCUT2D eigenvalue weighted by molar-refractivity contribution is 0.251. The van der Waals surface area contributed by atoms with Gasteiger partial charge in [0.15, 0.2) is 0 Å². The van der Waals surface area contributed by atoms with Crippen LogP contribution in [0.3, 0.4) is 0 Å². The van der Waals surface area contributed by atoms with Crippen molar-refractivity contribution in [3.05, 3.63) is 0 Å². The fourth-order valence-corrected chi connectivity index (χ4v) is 2.32. The minimum Gasteiger partial charge on any atom is -0.396 e. The van der Waals surface area contributed by atoms with E-state index in [1.54, 1.807) is 8.93 Å². The molecule has 0 aromatic carbocycles. The summed E-state index contributed by atoms with van der Waals surface area (Å²) in [5.41, 5.74) is 0. The summed E-state index contributed by atoms with van der Waals surface area (Å²) in [7, 11) is 1.74. The maximum absolute atomic E-state index is 8.45. The topological polar surface area (TPSA) is 20.2 Å². The van der Waals surface area contributed by atoms with Crippen LogP contribution in [0, 0.1) is 5.92 Å². The molecular formula is C4H9IOS. The first-order valence-corrected chi connectivity index (χ1v) is 5.68. The summed E-state index contributed by atoms with van der Waals surface area (Å²) in [6.07, 6.45) is 0. The lowest BCUT2D eigenvalue weighted by atomic mass is 10.2. The summed E-state index contributed by atoms with van der Waals surface area (Å²) in [6.45, 7) is 2.35. The van der Waals surface area contributed by atoms with Crippen LogP contribution in [0.1, 0.15) is 6.92 Å². The Labute approximate surface area is 60.5 Å². The molecule has 0 fully saturated rings. The number of halogens is 1. The summed E-state index contributed by atoms with van der Waals surface area (Å²) in [4.78, 5) is 0. The van der Waals surface area contributed by atoms with Crippen molar-refractivity contribution < 1.29 is 5.11 Å². The second kappa shape index (κ2) is 5.18. The van der Waals surface area contributed by atoms with Gasteiger partial charge in [0.1, 0.15) is 0 Å². The summed E-state index contributed by atoms with van der Waals surface area (Å²) in [5.74, 6) is 1.51. The molecule has 0 aromatic heterocycles. The van der Waals surface area contributed by atoms with Gasteiger partial charge >= 0.3 is 0 Å². The first kappa shape index (κ1) is 8.04. The predicted molar refractivity (Wildman–Crippen MR) is 42.7 cm³/mol. The highest BCUT2D eigenvalue weighted by atomic mass is 127. The van der Waals surface area contributed by atoms with Crippen LogP contribution in [-0.2, 0) is 0 Å². The van der Waals surface area contributed by atoms with E-state index >= 15 is 0 Å². The molecule has 44 valence electrons. The number of rotatable bonds is 3. The van der Waals surface area contributed by atoms with E-state index < -0.39 is 0 Å². The Morgan fingerprint density at radius 2 is 2.43 bits per heavy atom. The molecule has 1 nitrogen and oxygen atoms in total. The van der Waals surface area contributed by atoms with Gasteiger partial charge < -0.3 is 5.11 Å². The zero-order chi connectivity index (χ0) is 5.70. The van der Waals surface area contributed by atoms with Crippen LogP contribution in [0.4, 0.5) is 0 Å². The van der Waals surface area contributed by atoms with Gasteiger partial charge in [-0.2, -0.15) is 0 Å². The molecule has 0 aliphatic rings. The second-order valence-corrected chi connectivity index (χ2v) is 3.98. The van der Waals surface area contributed by atoms with E-state index in [1.807, 2.05) is 6.92 Å². The van der Waals surface area contributed by atoms with Crippen molar-refractivity contribution in [1.82, 2.24) is 0 Å². The van der Waals surface area contributed by atoms with E-state index in [-0.39, 0.29) is 0 Å². The van der Waals surface area contributed by atoms with Crippen molar-refractivity contribution in [3.8, 4) is 0 Å². The van der Waals surface area contributed by atoms with Crippen molar-refractivity contribution in [1.29, 1.82) is 0 Å². The maximum atomic E-state index is 8.45. The zero-order valence-electron chi connectivity index (χ0n) is 4.22. The molecule has 0 aliphatic carbocycles. The van der Waals surface area contributed by atoms with Gasteiger partial charge in [0, 0.05) is 12.4 Å².